The zero-order valence-electron chi connectivity index (χ0n) is 19.9. The van der Waals surface area contributed by atoms with Crippen LogP contribution in [-0.4, -0.2) is 46.2 Å². The number of rotatable bonds is 9. The van der Waals surface area contributed by atoms with Crippen molar-refractivity contribution in [2.45, 2.75) is 39.2 Å². The van der Waals surface area contributed by atoms with Crippen LogP contribution in [0, 0.1) is 0 Å². The number of aryl methyl sites for hydroxylation is 1. The van der Waals surface area contributed by atoms with E-state index in [1.807, 2.05) is 31.1 Å². The van der Waals surface area contributed by atoms with Crippen molar-refractivity contribution in [1.29, 1.82) is 0 Å². The molecule has 9 nitrogen and oxygen atoms in total. The second kappa shape index (κ2) is 10.0. The van der Waals surface area contributed by atoms with E-state index in [9.17, 15) is 9.59 Å². The van der Waals surface area contributed by atoms with Gasteiger partial charge in [0.05, 0.1) is 5.52 Å². The number of hydrogen-bond donors (Lipinski definition) is 1. The maximum Gasteiger partial charge on any atom is 0.419 e. The molecule has 9 heteroatoms. The van der Waals surface area contributed by atoms with Gasteiger partial charge in [0.2, 0.25) is 17.6 Å². The van der Waals surface area contributed by atoms with Crippen molar-refractivity contribution in [2.75, 3.05) is 26.0 Å². The fourth-order valence-corrected chi connectivity index (χ4v) is 3.59. The molecular weight excluding hydrogens is 434 g/mol. The molecule has 0 spiro atoms. The molecule has 4 aromatic rings. The first kappa shape index (κ1) is 23.4. The van der Waals surface area contributed by atoms with E-state index in [1.54, 1.807) is 22.8 Å². The summed E-state index contributed by atoms with van der Waals surface area (Å²) in [6.07, 6.45) is 0.509. The lowest BCUT2D eigenvalue weighted by Gasteiger charge is -2.10. The normalized spacial score (nSPS) is 11.6. The maximum absolute atomic E-state index is 12.5. The summed E-state index contributed by atoms with van der Waals surface area (Å²) < 4.78 is 12.2. The number of carbonyl (C=O) groups excluding carboxylic acids is 1. The van der Waals surface area contributed by atoms with Gasteiger partial charge in [-0.25, -0.2) is 4.79 Å². The van der Waals surface area contributed by atoms with Crippen LogP contribution < -0.4 is 11.1 Å². The van der Waals surface area contributed by atoms with E-state index in [1.165, 1.54) is 5.56 Å². The molecule has 0 aliphatic carbocycles. The quantitative estimate of drug-likeness (QED) is 0.401. The Morgan fingerprint density at radius 2 is 1.91 bits per heavy atom. The highest BCUT2D eigenvalue weighted by Gasteiger charge is 2.14. The van der Waals surface area contributed by atoms with Crippen LogP contribution >= 0.6 is 0 Å². The number of carbonyl (C=O) groups is 1. The van der Waals surface area contributed by atoms with Crippen LogP contribution in [0.1, 0.15) is 37.6 Å². The van der Waals surface area contributed by atoms with Crippen LogP contribution in [0.3, 0.4) is 0 Å². The van der Waals surface area contributed by atoms with E-state index in [0.29, 0.717) is 53.9 Å². The first-order chi connectivity index (χ1) is 16.3. The molecule has 0 aliphatic rings. The minimum Gasteiger partial charge on any atom is -0.408 e. The Kier molecular flexibility index (Phi) is 6.93. The van der Waals surface area contributed by atoms with Gasteiger partial charge >= 0.3 is 5.76 Å². The minimum atomic E-state index is -0.411. The van der Waals surface area contributed by atoms with Gasteiger partial charge in [0.1, 0.15) is 0 Å². The average molecular weight is 464 g/mol. The SMILES string of the molecule is CC(C)c1ccc(-c2noc(CCC(=O)Nc3ccc4oc(=O)n(CCN(C)C)c4c3)n2)cc1. The topological polar surface area (TPSA) is 106 Å². The van der Waals surface area contributed by atoms with Crippen LogP contribution in [0.25, 0.3) is 22.5 Å². The summed E-state index contributed by atoms with van der Waals surface area (Å²) in [4.78, 5) is 31.1. The van der Waals surface area contributed by atoms with E-state index in [-0.39, 0.29) is 12.3 Å². The first-order valence-electron chi connectivity index (χ1n) is 11.3. The van der Waals surface area contributed by atoms with E-state index in [4.69, 9.17) is 8.94 Å². The zero-order chi connectivity index (χ0) is 24.2. The maximum atomic E-state index is 12.5. The lowest BCUT2D eigenvalue weighted by atomic mass is 10.0. The Hall–Kier alpha value is -3.72. The van der Waals surface area contributed by atoms with Gasteiger partial charge in [-0.2, -0.15) is 4.98 Å². The smallest absolute Gasteiger partial charge is 0.408 e. The van der Waals surface area contributed by atoms with Gasteiger partial charge in [-0.1, -0.05) is 43.3 Å². The van der Waals surface area contributed by atoms with E-state index in [2.05, 4.69) is 41.4 Å². The molecule has 1 amide bonds. The summed E-state index contributed by atoms with van der Waals surface area (Å²) in [7, 11) is 3.88. The number of fused-ring (bicyclic) bond motifs is 1. The van der Waals surface area contributed by atoms with Crippen molar-refractivity contribution >= 4 is 22.7 Å². The third-order valence-electron chi connectivity index (χ3n) is 5.59. The third-order valence-corrected chi connectivity index (χ3v) is 5.59. The highest BCUT2D eigenvalue weighted by molar-refractivity contribution is 5.92. The zero-order valence-corrected chi connectivity index (χ0v) is 19.9. The number of likely N-dealkylation sites (N-methyl/N-ethyl adjacent to an activating group) is 1. The number of aromatic nitrogens is 3. The number of amides is 1. The van der Waals surface area contributed by atoms with Crippen molar-refractivity contribution in [2.24, 2.45) is 0 Å². The summed E-state index contributed by atoms with van der Waals surface area (Å²) in [5.41, 5.74) is 3.84. The Morgan fingerprint density at radius 3 is 2.62 bits per heavy atom. The molecule has 4 rings (SSSR count). The molecule has 0 radical (unpaired) electrons. The molecule has 0 aliphatic heterocycles. The summed E-state index contributed by atoms with van der Waals surface area (Å²) in [5.74, 6) is 0.762. The fraction of sp³-hybridized carbons (Fsp3) is 0.360. The van der Waals surface area contributed by atoms with Crippen LogP contribution in [0.4, 0.5) is 5.69 Å². The standard InChI is InChI=1S/C25H29N5O4/c1-16(2)17-5-7-18(8-6-17)24-27-23(34-28-24)12-11-22(31)26-19-9-10-21-20(15-19)30(25(32)33-21)14-13-29(3)4/h5-10,15-16H,11-14H2,1-4H3,(H,26,31). The summed E-state index contributed by atoms with van der Waals surface area (Å²) >= 11 is 0. The molecular formula is C25H29N5O4. The van der Waals surface area contributed by atoms with Gasteiger partial charge < -0.3 is 19.2 Å². The van der Waals surface area contributed by atoms with Gasteiger partial charge in [-0.05, 0) is 43.8 Å². The predicted molar refractivity (Wildman–Crippen MR) is 130 cm³/mol. The van der Waals surface area contributed by atoms with Crippen molar-refractivity contribution in [3.05, 3.63) is 64.5 Å². The van der Waals surface area contributed by atoms with Gasteiger partial charge in [0, 0.05) is 37.2 Å². The molecule has 0 saturated carbocycles. The van der Waals surface area contributed by atoms with E-state index in [0.717, 1.165) is 5.56 Å². The second-order valence-corrected chi connectivity index (χ2v) is 8.84. The lowest BCUT2D eigenvalue weighted by Crippen LogP contribution is -2.23. The van der Waals surface area contributed by atoms with E-state index < -0.39 is 5.76 Å². The highest BCUT2D eigenvalue weighted by Crippen LogP contribution is 2.21. The van der Waals surface area contributed by atoms with Gasteiger partial charge in [-0.3, -0.25) is 9.36 Å². The predicted octanol–water partition coefficient (Wildman–Crippen LogP) is 3.90. The Balaban J connectivity index is 1.38. The number of hydrogen-bond acceptors (Lipinski definition) is 7. The number of benzene rings is 2. The molecule has 0 saturated heterocycles. The van der Waals surface area contributed by atoms with Gasteiger partial charge in [-0.15, -0.1) is 0 Å². The molecule has 1 N–H and O–H groups in total. The lowest BCUT2D eigenvalue weighted by molar-refractivity contribution is -0.116. The molecule has 34 heavy (non-hydrogen) atoms. The Morgan fingerprint density at radius 1 is 1.15 bits per heavy atom. The molecule has 2 aromatic carbocycles. The van der Waals surface area contributed by atoms with Crippen molar-refractivity contribution in [1.82, 2.24) is 19.6 Å². The van der Waals surface area contributed by atoms with E-state index >= 15 is 0 Å². The number of oxazole rings is 1. The highest BCUT2D eigenvalue weighted by atomic mass is 16.5. The molecule has 2 aromatic heterocycles. The third kappa shape index (κ3) is 5.43. The number of nitrogens with one attached hydrogen (secondary N) is 1. The summed E-state index contributed by atoms with van der Waals surface area (Å²) in [6.45, 7) is 5.47. The van der Waals surface area contributed by atoms with Gasteiger partial charge in [0.15, 0.2) is 5.58 Å². The molecule has 0 fully saturated rings. The number of nitrogens with zero attached hydrogens (tertiary/aromatic N) is 4. The summed E-state index contributed by atoms with van der Waals surface area (Å²) in [5, 5.41) is 6.90. The fourth-order valence-electron chi connectivity index (χ4n) is 3.59. The second-order valence-electron chi connectivity index (χ2n) is 8.84. The van der Waals surface area contributed by atoms with Gasteiger partial charge in [0.25, 0.3) is 0 Å². The average Bonchev–Trinajstić information content (AvgIpc) is 3.40. The van der Waals surface area contributed by atoms with Crippen LogP contribution in [0.5, 0.6) is 0 Å². The Bertz CT molecular complexity index is 1330. The largest absolute Gasteiger partial charge is 0.419 e. The molecule has 0 atom stereocenters. The van der Waals surface area contributed by atoms with Crippen molar-refractivity contribution in [3.63, 3.8) is 0 Å². The Labute approximate surface area is 197 Å². The van der Waals surface area contributed by atoms with Crippen molar-refractivity contribution < 1.29 is 13.7 Å². The molecule has 2 heterocycles. The number of anilines is 1. The van der Waals surface area contributed by atoms with Crippen LogP contribution in [-0.2, 0) is 17.8 Å². The molecule has 0 bridgehead atoms. The van der Waals surface area contributed by atoms with Crippen LogP contribution in [0.2, 0.25) is 0 Å². The molecule has 178 valence electrons. The monoisotopic (exact) mass is 463 g/mol. The minimum absolute atomic E-state index is 0.185. The first-order valence-corrected chi connectivity index (χ1v) is 11.3. The summed E-state index contributed by atoms with van der Waals surface area (Å²) in [6, 6.07) is 13.2. The van der Waals surface area contributed by atoms with Crippen LogP contribution in [0.15, 0.2) is 56.2 Å². The molecule has 0 unspecified atom stereocenters. The van der Waals surface area contributed by atoms with Crippen molar-refractivity contribution in [3.8, 4) is 11.4 Å².